The molecule has 2 N–H and O–H groups in total. The first-order valence-corrected chi connectivity index (χ1v) is 5.48. The molecule has 0 spiro atoms. The summed E-state index contributed by atoms with van der Waals surface area (Å²) in [5.74, 6) is 0.658. The molecule has 0 aliphatic carbocycles. The van der Waals surface area contributed by atoms with Crippen LogP contribution < -0.4 is 10.6 Å². The first kappa shape index (κ1) is 12.3. The number of amides is 2. The second-order valence-corrected chi connectivity index (χ2v) is 3.72. The largest absolute Gasteiger partial charge is 0.336 e. The van der Waals surface area contributed by atoms with Crippen molar-refractivity contribution in [2.75, 3.05) is 12.0 Å². The van der Waals surface area contributed by atoms with Crippen LogP contribution in [0.15, 0.2) is 0 Å². The van der Waals surface area contributed by atoms with Crippen LogP contribution in [0.2, 0.25) is 0 Å². The van der Waals surface area contributed by atoms with Crippen LogP contribution in [0.1, 0.15) is 20.3 Å². The maximum absolute atomic E-state index is 10.7. The van der Waals surface area contributed by atoms with Crippen molar-refractivity contribution in [3.63, 3.8) is 0 Å². The van der Waals surface area contributed by atoms with Gasteiger partial charge in [-0.05, 0) is 18.4 Å². The molecule has 0 rings (SSSR count). The number of thioether (sulfide) groups is 1. The predicted molar refractivity (Wildman–Crippen MR) is 54.4 cm³/mol. The quantitative estimate of drug-likeness (QED) is 0.635. The van der Waals surface area contributed by atoms with Crippen molar-refractivity contribution in [2.24, 2.45) is 0 Å². The molecule has 0 aliphatic rings. The van der Waals surface area contributed by atoms with Gasteiger partial charge in [-0.1, -0.05) is 0 Å². The molecule has 0 aromatic carbocycles. The van der Waals surface area contributed by atoms with Crippen molar-refractivity contribution in [2.45, 2.75) is 26.4 Å². The number of carbonyl (C=O) groups excluding carboxylic acids is 2. The van der Waals surface area contributed by atoms with Crippen LogP contribution in [0.4, 0.5) is 0 Å². The minimum Gasteiger partial charge on any atom is -0.336 e. The van der Waals surface area contributed by atoms with Gasteiger partial charge in [0.15, 0.2) is 0 Å². The lowest BCUT2D eigenvalue weighted by atomic mass is 10.3. The summed E-state index contributed by atoms with van der Waals surface area (Å²) in [6.45, 7) is 2.88. The first-order chi connectivity index (χ1) is 6.06. The van der Waals surface area contributed by atoms with E-state index in [2.05, 4.69) is 10.6 Å². The van der Waals surface area contributed by atoms with Gasteiger partial charge in [0.2, 0.25) is 11.8 Å². The number of hydrogen-bond donors (Lipinski definition) is 2. The molecule has 2 amide bonds. The number of rotatable bonds is 5. The minimum absolute atomic E-state index is 0.125. The minimum atomic E-state index is -0.234. The summed E-state index contributed by atoms with van der Waals surface area (Å²) in [5, 5.41) is 5.32. The highest BCUT2D eigenvalue weighted by Crippen LogP contribution is 1.98. The van der Waals surface area contributed by atoms with Gasteiger partial charge in [0, 0.05) is 13.8 Å². The molecule has 0 radical (unpaired) electrons. The van der Waals surface area contributed by atoms with Crippen LogP contribution in [0.3, 0.4) is 0 Å². The molecular formula is C8H16N2O2S. The predicted octanol–water partition coefficient (Wildman–Crippen LogP) is 0.338. The molecular weight excluding hydrogens is 188 g/mol. The van der Waals surface area contributed by atoms with Crippen LogP contribution in [0.5, 0.6) is 0 Å². The summed E-state index contributed by atoms with van der Waals surface area (Å²) in [6.07, 6.45) is 2.50. The van der Waals surface area contributed by atoms with Crippen LogP contribution in [0, 0.1) is 0 Å². The van der Waals surface area contributed by atoms with Gasteiger partial charge in [0.05, 0.1) is 0 Å². The van der Waals surface area contributed by atoms with Gasteiger partial charge in [0.25, 0.3) is 0 Å². The van der Waals surface area contributed by atoms with E-state index in [0.29, 0.717) is 0 Å². The molecule has 0 heterocycles. The highest BCUT2D eigenvalue weighted by molar-refractivity contribution is 7.98. The average molecular weight is 204 g/mol. The highest BCUT2D eigenvalue weighted by atomic mass is 32.2. The third-order valence-electron chi connectivity index (χ3n) is 1.37. The lowest BCUT2D eigenvalue weighted by Crippen LogP contribution is -2.46. The van der Waals surface area contributed by atoms with Gasteiger partial charge in [-0.15, -0.1) is 0 Å². The zero-order valence-electron chi connectivity index (χ0n) is 8.22. The molecule has 0 saturated carbocycles. The fourth-order valence-corrected chi connectivity index (χ4v) is 1.38. The van der Waals surface area contributed by atoms with E-state index in [1.54, 1.807) is 11.8 Å². The van der Waals surface area contributed by atoms with Gasteiger partial charge < -0.3 is 10.6 Å². The van der Waals surface area contributed by atoms with Gasteiger partial charge in [-0.2, -0.15) is 11.8 Å². The lowest BCUT2D eigenvalue weighted by Gasteiger charge is -2.17. The van der Waals surface area contributed by atoms with Gasteiger partial charge >= 0.3 is 0 Å². The number of carbonyl (C=O) groups is 2. The molecule has 0 fully saturated rings. The molecule has 5 heteroatoms. The monoisotopic (exact) mass is 204 g/mol. The normalized spacial score (nSPS) is 9.85. The van der Waals surface area contributed by atoms with Crippen molar-refractivity contribution in [3.05, 3.63) is 0 Å². The molecule has 0 bridgehead atoms. The van der Waals surface area contributed by atoms with Crippen molar-refractivity contribution < 1.29 is 9.59 Å². The lowest BCUT2D eigenvalue weighted by molar-refractivity contribution is -0.122. The molecule has 13 heavy (non-hydrogen) atoms. The fourth-order valence-electron chi connectivity index (χ4n) is 0.907. The van der Waals surface area contributed by atoms with Crippen LogP contribution >= 0.6 is 11.8 Å². The summed E-state index contributed by atoms with van der Waals surface area (Å²) < 4.78 is 0. The van der Waals surface area contributed by atoms with E-state index in [4.69, 9.17) is 0 Å². The van der Waals surface area contributed by atoms with Gasteiger partial charge in [-0.25, -0.2) is 0 Å². The fraction of sp³-hybridized carbons (Fsp3) is 0.750. The third-order valence-corrected chi connectivity index (χ3v) is 2.01. The molecule has 76 valence electrons. The van der Waals surface area contributed by atoms with Crippen molar-refractivity contribution in [1.29, 1.82) is 0 Å². The van der Waals surface area contributed by atoms with Gasteiger partial charge in [0.1, 0.15) is 6.17 Å². The first-order valence-electron chi connectivity index (χ1n) is 4.09. The molecule has 0 saturated heterocycles. The van der Waals surface area contributed by atoms with Crippen molar-refractivity contribution in [3.8, 4) is 0 Å². The third kappa shape index (κ3) is 7.64. The summed E-state index contributed by atoms with van der Waals surface area (Å²) in [5.41, 5.74) is 0. The Balaban J connectivity index is 3.87. The summed E-state index contributed by atoms with van der Waals surface area (Å²) >= 11 is 1.68. The average Bonchev–Trinajstić information content (AvgIpc) is 1.98. The molecule has 4 nitrogen and oxygen atoms in total. The van der Waals surface area contributed by atoms with Crippen molar-refractivity contribution >= 4 is 23.6 Å². The number of nitrogens with one attached hydrogen (secondary N) is 2. The van der Waals surface area contributed by atoms with E-state index in [9.17, 15) is 9.59 Å². The van der Waals surface area contributed by atoms with E-state index in [0.717, 1.165) is 12.2 Å². The van der Waals surface area contributed by atoms with Crippen LogP contribution in [-0.2, 0) is 9.59 Å². The zero-order chi connectivity index (χ0) is 10.3. The van der Waals surface area contributed by atoms with E-state index in [1.807, 2.05) is 6.26 Å². The highest BCUT2D eigenvalue weighted by Gasteiger charge is 2.09. The molecule has 0 atom stereocenters. The Morgan fingerprint density at radius 2 is 1.69 bits per heavy atom. The maximum Gasteiger partial charge on any atom is 0.218 e. The summed E-state index contributed by atoms with van der Waals surface area (Å²) in [4.78, 5) is 21.5. The molecule has 0 aromatic rings. The second kappa shape index (κ2) is 6.77. The van der Waals surface area contributed by atoms with E-state index >= 15 is 0 Å². The van der Waals surface area contributed by atoms with E-state index in [1.165, 1.54) is 13.8 Å². The Bertz CT molecular complexity index is 169. The van der Waals surface area contributed by atoms with E-state index < -0.39 is 0 Å². The topological polar surface area (TPSA) is 58.2 Å². The standard InChI is InChI=1S/C8H16N2O2S/c1-6(11)9-8(4-5-13-3)10-7(2)12/h8H,4-5H2,1-3H3,(H,9,11)(H,10,12). The Labute approximate surface area is 82.8 Å². The Kier molecular flexibility index (Phi) is 6.40. The van der Waals surface area contributed by atoms with Gasteiger partial charge in [-0.3, -0.25) is 9.59 Å². The Hall–Kier alpha value is -0.710. The summed E-state index contributed by atoms with van der Waals surface area (Å²) in [6, 6.07) is 0. The second-order valence-electron chi connectivity index (χ2n) is 2.74. The summed E-state index contributed by atoms with van der Waals surface area (Å²) in [7, 11) is 0. The molecule has 0 unspecified atom stereocenters. The number of hydrogen-bond acceptors (Lipinski definition) is 3. The maximum atomic E-state index is 10.7. The van der Waals surface area contributed by atoms with Crippen LogP contribution in [0.25, 0.3) is 0 Å². The van der Waals surface area contributed by atoms with Crippen LogP contribution in [-0.4, -0.2) is 30.0 Å². The SMILES string of the molecule is CSCCC(NC(C)=O)NC(C)=O. The zero-order valence-corrected chi connectivity index (χ0v) is 9.03. The Morgan fingerprint density at radius 3 is 2.00 bits per heavy atom. The smallest absolute Gasteiger partial charge is 0.218 e. The molecule has 0 aromatic heterocycles. The Morgan fingerprint density at radius 1 is 1.23 bits per heavy atom. The van der Waals surface area contributed by atoms with E-state index in [-0.39, 0.29) is 18.0 Å². The van der Waals surface area contributed by atoms with Crippen molar-refractivity contribution in [1.82, 2.24) is 10.6 Å². The molecule has 0 aliphatic heterocycles.